The topological polar surface area (TPSA) is 52.3 Å². The molecule has 1 aromatic carbocycles. The van der Waals surface area contributed by atoms with Crippen LogP contribution in [0.5, 0.6) is 0 Å². The summed E-state index contributed by atoms with van der Waals surface area (Å²) in [6, 6.07) is 7.36. The van der Waals surface area contributed by atoms with E-state index in [9.17, 15) is 4.79 Å². The molecule has 0 spiro atoms. The molecule has 0 bridgehead atoms. The predicted molar refractivity (Wildman–Crippen MR) is 84.2 cm³/mol. The molecule has 3 heteroatoms. The lowest BCUT2D eigenvalue weighted by molar-refractivity contribution is -0.139. The zero-order valence-electron chi connectivity index (χ0n) is 12.5. The van der Waals surface area contributed by atoms with Crippen LogP contribution in [0, 0.1) is 5.92 Å². The Bertz CT molecular complexity index is 423. The molecule has 1 aromatic rings. The van der Waals surface area contributed by atoms with Gasteiger partial charge in [0.2, 0.25) is 0 Å². The average Bonchev–Trinajstić information content (AvgIpc) is 2.47. The standard InChI is InChI=1S/C17H25NO2/c1-3-5-6-14(4-2)13-20-17(19)12-9-15-7-10-16(18)11-8-15/h7-12,14H,3-6,13,18H2,1-2H3. The number of unbranched alkanes of at least 4 members (excludes halogenated alkanes) is 1. The highest BCUT2D eigenvalue weighted by molar-refractivity contribution is 5.87. The Kier molecular flexibility index (Phi) is 7.48. The highest BCUT2D eigenvalue weighted by Gasteiger charge is 2.08. The Morgan fingerprint density at radius 3 is 2.60 bits per heavy atom. The number of anilines is 1. The first-order valence-corrected chi connectivity index (χ1v) is 7.36. The third-order valence-corrected chi connectivity index (χ3v) is 3.35. The Labute approximate surface area is 121 Å². The smallest absolute Gasteiger partial charge is 0.330 e. The molecule has 3 nitrogen and oxygen atoms in total. The maximum Gasteiger partial charge on any atom is 0.330 e. The Balaban J connectivity index is 2.37. The highest BCUT2D eigenvalue weighted by atomic mass is 16.5. The van der Waals surface area contributed by atoms with E-state index < -0.39 is 0 Å². The van der Waals surface area contributed by atoms with E-state index in [4.69, 9.17) is 10.5 Å². The van der Waals surface area contributed by atoms with Gasteiger partial charge in [-0.15, -0.1) is 0 Å². The van der Waals surface area contributed by atoms with Gasteiger partial charge in [0.15, 0.2) is 0 Å². The lowest BCUT2D eigenvalue weighted by Crippen LogP contribution is -2.12. The van der Waals surface area contributed by atoms with Gasteiger partial charge in [-0.2, -0.15) is 0 Å². The molecule has 0 fully saturated rings. The first-order chi connectivity index (χ1) is 9.65. The summed E-state index contributed by atoms with van der Waals surface area (Å²) < 4.78 is 5.29. The van der Waals surface area contributed by atoms with Gasteiger partial charge in [0.1, 0.15) is 0 Å². The third kappa shape index (κ3) is 6.41. The minimum absolute atomic E-state index is 0.281. The number of hydrogen-bond donors (Lipinski definition) is 1. The molecule has 0 radical (unpaired) electrons. The summed E-state index contributed by atoms with van der Waals surface area (Å²) in [4.78, 5) is 11.6. The number of nitrogen functional groups attached to an aromatic ring is 1. The van der Waals surface area contributed by atoms with Gasteiger partial charge < -0.3 is 10.5 Å². The van der Waals surface area contributed by atoms with Gasteiger partial charge in [-0.05, 0) is 36.1 Å². The van der Waals surface area contributed by atoms with E-state index in [2.05, 4.69) is 13.8 Å². The summed E-state index contributed by atoms with van der Waals surface area (Å²) in [5.41, 5.74) is 7.26. The molecule has 0 saturated heterocycles. The second kappa shape index (κ2) is 9.18. The number of nitrogens with two attached hydrogens (primary N) is 1. The molecule has 1 unspecified atom stereocenters. The van der Waals surface area contributed by atoms with E-state index in [0.717, 1.165) is 18.4 Å². The predicted octanol–water partition coefficient (Wildman–Crippen LogP) is 4.04. The molecule has 1 atom stereocenters. The van der Waals surface area contributed by atoms with Crippen molar-refractivity contribution in [3.63, 3.8) is 0 Å². The molecule has 0 saturated carbocycles. The number of rotatable bonds is 8. The van der Waals surface area contributed by atoms with E-state index in [-0.39, 0.29) is 5.97 Å². The molecule has 0 aromatic heterocycles. The minimum Gasteiger partial charge on any atom is -0.462 e. The normalized spacial score (nSPS) is 12.5. The molecule has 20 heavy (non-hydrogen) atoms. The summed E-state index contributed by atoms with van der Waals surface area (Å²) in [7, 11) is 0. The quantitative estimate of drug-likeness (QED) is 0.442. The van der Waals surface area contributed by atoms with E-state index >= 15 is 0 Å². The van der Waals surface area contributed by atoms with E-state index in [1.165, 1.54) is 18.9 Å². The maximum atomic E-state index is 11.6. The molecule has 0 aliphatic rings. The fraction of sp³-hybridized carbons (Fsp3) is 0.471. The monoisotopic (exact) mass is 275 g/mol. The van der Waals surface area contributed by atoms with Gasteiger partial charge in [0.25, 0.3) is 0 Å². The van der Waals surface area contributed by atoms with Crippen molar-refractivity contribution in [3.05, 3.63) is 35.9 Å². The van der Waals surface area contributed by atoms with Gasteiger partial charge in [0, 0.05) is 11.8 Å². The van der Waals surface area contributed by atoms with Crippen LogP contribution in [0.2, 0.25) is 0 Å². The maximum absolute atomic E-state index is 11.6. The molecule has 110 valence electrons. The van der Waals surface area contributed by atoms with Crippen LogP contribution >= 0.6 is 0 Å². The molecular weight excluding hydrogens is 250 g/mol. The highest BCUT2D eigenvalue weighted by Crippen LogP contribution is 2.13. The van der Waals surface area contributed by atoms with Crippen LogP contribution in [0.15, 0.2) is 30.3 Å². The molecule has 0 amide bonds. The second-order valence-electron chi connectivity index (χ2n) is 5.05. The first-order valence-electron chi connectivity index (χ1n) is 7.36. The van der Waals surface area contributed by atoms with Crippen LogP contribution in [0.4, 0.5) is 5.69 Å². The molecule has 2 N–H and O–H groups in total. The van der Waals surface area contributed by atoms with E-state index in [1.54, 1.807) is 6.08 Å². The summed E-state index contributed by atoms with van der Waals surface area (Å²) in [5, 5.41) is 0. The summed E-state index contributed by atoms with van der Waals surface area (Å²) in [6.45, 7) is 4.83. The molecule has 0 aliphatic heterocycles. The van der Waals surface area contributed by atoms with Crippen molar-refractivity contribution >= 4 is 17.7 Å². The molecular formula is C17H25NO2. The largest absolute Gasteiger partial charge is 0.462 e. The first kappa shape index (κ1) is 16.3. The Morgan fingerprint density at radius 2 is 2.00 bits per heavy atom. The number of benzene rings is 1. The van der Waals surface area contributed by atoms with Gasteiger partial charge in [-0.1, -0.05) is 45.2 Å². The van der Waals surface area contributed by atoms with Crippen molar-refractivity contribution in [3.8, 4) is 0 Å². The Morgan fingerprint density at radius 1 is 1.30 bits per heavy atom. The fourth-order valence-electron chi connectivity index (χ4n) is 1.92. The lowest BCUT2D eigenvalue weighted by atomic mass is 10.0. The number of ether oxygens (including phenoxy) is 1. The number of esters is 1. The van der Waals surface area contributed by atoms with Crippen LogP contribution in [-0.2, 0) is 9.53 Å². The number of carbonyl (C=O) groups excluding carboxylic acids is 1. The summed E-state index contributed by atoms with van der Waals surface area (Å²) in [5.74, 6) is 0.195. The average molecular weight is 275 g/mol. The van der Waals surface area contributed by atoms with Crippen molar-refractivity contribution in [2.24, 2.45) is 5.92 Å². The number of hydrogen-bond acceptors (Lipinski definition) is 3. The van der Waals surface area contributed by atoms with E-state index in [0.29, 0.717) is 18.2 Å². The second-order valence-corrected chi connectivity index (χ2v) is 5.05. The summed E-state index contributed by atoms with van der Waals surface area (Å²) >= 11 is 0. The minimum atomic E-state index is -0.281. The van der Waals surface area contributed by atoms with Crippen molar-refractivity contribution in [2.45, 2.75) is 39.5 Å². The van der Waals surface area contributed by atoms with Gasteiger partial charge in [0.05, 0.1) is 6.61 Å². The van der Waals surface area contributed by atoms with Crippen LogP contribution in [0.25, 0.3) is 6.08 Å². The van der Waals surface area contributed by atoms with Crippen molar-refractivity contribution in [1.82, 2.24) is 0 Å². The molecule has 1 rings (SSSR count). The van der Waals surface area contributed by atoms with Gasteiger partial charge in [-0.25, -0.2) is 4.79 Å². The Hall–Kier alpha value is -1.77. The number of carbonyl (C=O) groups is 1. The summed E-state index contributed by atoms with van der Waals surface area (Å²) in [6.07, 6.45) is 7.77. The van der Waals surface area contributed by atoms with Crippen molar-refractivity contribution in [2.75, 3.05) is 12.3 Å². The van der Waals surface area contributed by atoms with Crippen LogP contribution in [0.1, 0.15) is 45.1 Å². The fourth-order valence-corrected chi connectivity index (χ4v) is 1.92. The van der Waals surface area contributed by atoms with Gasteiger partial charge >= 0.3 is 5.97 Å². The third-order valence-electron chi connectivity index (χ3n) is 3.35. The molecule has 0 aliphatic carbocycles. The van der Waals surface area contributed by atoms with Crippen LogP contribution in [-0.4, -0.2) is 12.6 Å². The van der Waals surface area contributed by atoms with E-state index in [1.807, 2.05) is 24.3 Å². The van der Waals surface area contributed by atoms with Crippen LogP contribution < -0.4 is 5.73 Å². The van der Waals surface area contributed by atoms with Crippen molar-refractivity contribution in [1.29, 1.82) is 0 Å². The van der Waals surface area contributed by atoms with Crippen molar-refractivity contribution < 1.29 is 9.53 Å². The zero-order chi connectivity index (χ0) is 14.8. The van der Waals surface area contributed by atoms with Crippen LogP contribution in [0.3, 0.4) is 0 Å². The molecule has 0 heterocycles. The zero-order valence-corrected chi connectivity index (χ0v) is 12.5. The lowest BCUT2D eigenvalue weighted by Gasteiger charge is -2.13. The SMILES string of the molecule is CCCCC(CC)COC(=O)C=Cc1ccc(N)cc1. The van der Waals surface area contributed by atoms with Gasteiger partial charge in [-0.3, -0.25) is 0 Å².